The molecular formula is C30H27ClN4O2S. The van der Waals surface area contributed by atoms with Crippen molar-refractivity contribution < 1.29 is 8.42 Å². The van der Waals surface area contributed by atoms with Crippen molar-refractivity contribution in [3.63, 3.8) is 0 Å². The molecule has 1 aliphatic rings. The summed E-state index contributed by atoms with van der Waals surface area (Å²) in [6, 6.07) is 21.0. The second-order valence-corrected chi connectivity index (χ2v) is 12.4. The largest absolute Gasteiger partial charge is 0.303 e. The lowest BCUT2D eigenvalue weighted by Crippen LogP contribution is -2.03. The predicted octanol–water partition coefficient (Wildman–Crippen LogP) is 6.94. The quantitative estimate of drug-likeness (QED) is 0.233. The first-order chi connectivity index (χ1) is 18.2. The number of aryl methyl sites for hydroxylation is 2. The fourth-order valence-corrected chi connectivity index (χ4v) is 5.63. The monoisotopic (exact) mass is 542 g/mol. The van der Waals surface area contributed by atoms with Gasteiger partial charge in [0.15, 0.2) is 9.84 Å². The van der Waals surface area contributed by atoms with Crippen LogP contribution < -0.4 is 0 Å². The molecule has 6 nitrogen and oxygen atoms in total. The Kier molecular flexibility index (Phi) is 6.00. The normalized spacial score (nSPS) is 13.7. The van der Waals surface area contributed by atoms with E-state index < -0.39 is 9.84 Å². The number of aromatic nitrogens is 4. The molecule has 2 heterocycles. The van der Waals surface area contributed by atoms with E-state index in [0.717, 1.165) is 63.9 Å². The van der Waals surface area contributed by atoms with Crippen molar-refractivity contribution in [1.29, 1.82) is 0 Å². The molecule has 0 saturated heterocycles. The van der Waals surface area contributed by atoms with Crippen molar-refractivity contribution in [3.05, 3.63) is 101 Å². The highest BCUT2D eigenvalue weighted by atomic mass is 35.5. The van der Waals surface area contributed by atoms with Crippen LogP contribution in [0.5, 0.6) is 0 Å². The zero-order valence-corrected chi connectivity index (χ0v) is 23.0. The second-order valence-electron chi connectivity index (χ2n) is 9.94. The maximum absolute atomic E-state index is 12.2. The van der Waals surface area contributed by atoms with E-state index in [1.165, 1.54) is 6.26 Å². The molecule has 192 valence electrons. The van der Waals surface area contributed by atoms with Gasteiger partial charge in [-0.1, -0.05) is 29.8 Å². The third kappa shape index (κ3) is 4.68. The van der Waals surface area contributed by atoms with Crippen LogP contribution in [0.3, 0.4) is 0 Å². The van der Waals surface area contributed by atoms with Crippen LogP contribution in [0.4, 0.5) is 0 Å². The van der Waals surface area contributed by atoms with Crippen LogP contribution in [0.2, 0.25) is 5.02 Å². The van der Waals surface area contributed by atoms with Gasteiger partial charge in [0.2, 0.25) is 0 Å². The van der Waals surface area contributed by atoms with Crippen LogP contribution >= 0.6 is 11.6 Å². The van der Waals surface area contributed by atoms with E-state index in [9.17, 15) is 8.42 Å². The van der Waals surface area contributed by atoms with Crippen LogP contribution in [0, 0.1) is 13.8 Å². The first kappa shape index (κ1) is 24.6. The van der Waals surface area contributed by atoms with Gasteiger partial charge in [0.1, 0.15) is 11.6 Å². The third-order valence-corrected chi connectivity index (χ3v) is 8.28. The summed E-state index contributed by atoms with van der Waals surface area (Å²) in [7, 11) is -3.33. The van der Waals surface area contributed by atoms with Crippen LogP contribution in [-0.2, 0) is 9.84 Å². The summed E-state index contributed by atoms with van der Waals surface area (Å²) in [6.07, 6.45) is 7.66. The average molecular weight is 543 g/mol. The van der Waals surface area contributed by atoms with E-state index in [0.29, 0.717) is 15.8 Å². The smallest absolute Gasteiger partial charge is 0.175 e. The van der Waals surface area contributed by atoms with Gasteiger partial charge in [-0.15, -0.1) is 0 Å². The van der Waals surface area contributed by atoms with Gasteiger partial charge in [0, 0.05) is 40.8 Å². The maximum Gasteiger partial charge on any atom is 0.175 e. The standard InChI is InChI=1S/C30H27ClN4O2S/c1-19-17-34(20(2)32-19)29-14-9-23(22-5-4-6-26(15-22)38(3,36)37)16-27(29)30-33-28(21-7-8-21)18-35(30)25-12-10-24(31)11-13-25/h4-6,9-18,21H,7-8H2,1-3H3. The molecule has 0 radical (unpaired) electrons. The fraction of sp³-hybridized carbons (Fsp3) is 0.200. The SMILES string of the molecule is Cc1cn(-c2ccc(-c3cccc(S(C)(=O)=O)c3)cc2-c2nc(C3CC3)cn2-c2ccc(Cl)cc2)c(C)n1. The number of hydrogen-bond acceptors (Lipinski definition) is 4. The number of halogens is 1. The van der Waals surface area contributed by atoms with Crippen LogP contribution in [0.15, 0.2) is 84.0 Å². The van der Waals surface area contributed by atoms with Gasteiger partial charge >= 0.3 is 0 Å². The highest BCUT2D eigenvalue weighted by Gasteiger charge is 2.29. The van der Waals surface area contributed by atoms with Gasteiger partial charge in [-0.25, -0.2) is 18.4 Å². The Labute approximate surface area is 227 Å². The van der Waals surface area contributed by atoms with Gasteiger partial charge < -0.3 is 4.57 Å². The lowest BCUT2D eigenvalue weighted by molar-refractivity contribution is 0.602. The molecule has 0 bridgehead atoms. The lowest BCUT2D eigenvalue weighted by Gasteiger charge is -2.16. The van der Waals surface area contributed by atoms with E-state index in [4.69, 9.17) is 16.6 Å². The molecule has 8 heteroatoms. The highest BCUT2D eigenvalue weighted by Crippen LogP contribution is 2.42. The summed E-state index contributed by atoms with van der Waals surface area (Å²) in [5.41, 5.74) is 6.58. The molecule has 2 aromatic heterocycles. The highest BCUT2D eigenvalue weighted by molar-refractivity contribution is 7.90. The molecule has 6 rings (SSSR count). The number of benzene rings is 3. The molecule has 1 fully saturated rings. The minimum absolute atomic E-state index is 0.292. The summed E-state index contributed by atoms with van der Waals surface area (Å²) in [6.45, 7) is 3.97. The second kappa shape index (κ2) is 9.26. The van der Waals surface area contributed by atoms with Gasteiger partial charge in [-0.3, -0.25) is 4.57 Å². The number of imidazole rings is 2. The van der Waals surface area contributed by atoms with Crippen LogP contribution in [0.25, 0.3) is 33.9 Å². The molecule has 1 aliphatic carbocycles. The molecule has 38 heavy (non-hydrogen) atoms. The summed E-state index contributed by atoms with van der Waals surface area (Å²) in [5, 5.41) is 0.677. The van der Waals surface area contributed by atoms with Crippen molar-refractivity contribution in [1.82, 2.24) is 19.1 Å². The van der Waals surface area contributed by atoms with E-state index >= 15 is 0 Å². The first-order valence-electron chi connectivity index (χ1n) is 12.5. The Balaban J connectivity index is 1.60. The molecule has 3 aromatic carbocycles. The Hall–Kier alpha value is -3.68. The summed E-state index contributed by atoms with van der Waals surface area (Å²) in [5.74, 6) is 2.16. The van der Waals surface area contributed by atoms with E-state index in [2.05, 4.69) is 32.4 Å². The predicted molar refractivity (Wildman–Crippen MR) is 151 cm³/mol. The van der Waals surface area contributed by atoms with Crippen LogP contribution in [-0.4, -0.2) is 33.8 Å². The molecule has 5 aromatic rings. The molecule has 0 aliphatic heterocycles. The molecule has 1 saturated carbocycles. The first-order valence-corrected chi connectivity index (χ1v) is 14.8. The Morgan fingerprint density at radius 2 is 1.61 bits per heavy atom. The molecule has 0 atom stereocenters. The minimum Gasteiger partial charge on any atom is -0.303 e. The molecule has 0 spiro atoms. The van der Waals surface area contributed by atoms with E-state index in [-0.39, 0.29) is 0 Å². The Bertz CT molecular complexity index is 1780. The number of hydrogen-bond donors (Lipinski definition) is 0. The fourth-order valence-electron chi connectivity index (χ4n) is 4.84. The van der Waals surface area contributed by atoms with Gasteiger partial charge in [0.25, 0.3) is 0 Å². The molecule has 0 amide bonds. The van der Waals surface area contributed by atoms with E-state index in [1.54, 1.807) is 18.2 Å². The molecule has 0 N–H and O–H groups in total. The van der Waals surface area contributed by atoms with E-state index in [1.807, 2.05) is 56.4 Å². The lowest BCUT2D eigenvalue weighted by atomic mass is 10.0. The van der Waals surface area contributed by atoms with Crippen molar-refractivity contribution in [3.8, 4) is 33.9 Å². The van der Waals surface area contributed by atoms with Crippen molar-refractivity contribution in [2.24, 2.45) is 0 Å². The third-order valence-electron chi connectivity index (χ3n) is 6.92. The number of rotatable bonds is 6. The van der Waals surface area contributed by atoms with Crippen molar-refractivity contribution in [2.45, 2.75) is 37.5 Å². The zero-order chi connectivity index (χ0) is 26.6. The Morgan fingerprint density at radius 1 is 0.868 bits per heavy atom. The minimum atomic E-state index is -3.33. The number of sulfone groups is 1. The van der Waals surface area contributed by atoms with Crippen molar-refractivity contribution in [2.75, 3.05) is 6.26 Å². The van der Waals surface area contributed by atoms with Gasteiger partial charge in [-0.05, 0) is 86.3 Å². The summed E-state index contributed by atoms with van der Waals surface area (Å²) >= 11 is 6.20. The summed E-state index contributed by atoms with van der Waals surface area (Å²) < 4.78 is 28.7. The van der Waals surface area contributed by atoms with Crippen LogP contribution in [0.1, 0.15) is 36.0 Å². The molecular weight excluding hydrogens is 516 g/mol. The van der Waals surface area contributed by atoms with Gasteiger partial charge in [0.05, 0.1) is 22.0 Å². The molecule has 0 unspecified atom stereocenters. The number of nitrogens with zero attached hydrogens (tertiary/aromatic N) is 4. The maximum atomic E-state index is 12.2. The van der Waals surface area contributed by atoms with Gasteiger partial charge in [-0.2, -0.15) is 0 Å². The van der Waals surface area contributed by atoms with Crippen molar-refractivity contribution >= 4 is 21.4 Å². The topological polar surface area (TPSA) is 69.8 Å². The average Bonchev–Trinajstić information content (AvgIpc) is 3.56. The summed E-state index contributed by atoms with van der Waals surface area (Å²) in [4.78, 5) is 10.1. The Morgan fingerprint density at radius 3 is 2.26 bits per heavy atom. The zero-order valence-electron chi connectivity index (χ0n) is 21.4.